The number of ether oxygens (including phenoxy) is 2. The lowest BCUT2D eigenvalue weighted by molar-refractivity contribution is 0.0729. The van der Waals surface area contributed by atoms with E-state index in [2.05, 4.69) is 5.32 Å². The summed E-state index contributed by atoms with van der Waals surface area (Å²) >= 11 is 1.55. The molecule has 168 valence electrons. The normalized spacial score (nSPS) is 18.0. The average molecular weight is 465 g/mol. The summed E-state index contributed by atoms with van der Waals surface area (Å²) in [6.45, 7) is 1.31. The van der Waals surface area contributed by atoms with Gasteiger partial charge in [-0.3, -0.25) is 4.79 Å². The quantitative estimate of drug-likeness (QED) is 0.730. The number of hydrogen-bond donors (Lipinski definition) is 1. The van der Waals surface area contributed by atoms with Gasteiger partial charge in [-0.15, -0.1) is 11.3 Å². The molecule has 0 atom stereocenters. The minimum atomic E-state index is -3.76. The number of amides is 1. The Bertz CT molecular complexity index is 1020. The van der Waals surface area contributed by atoms with Gasteiger partial charge in [0.25, 0.3) is 5.91 Å². The molecule has 2 aromatic rings. The molecule has 31 heavy (non-hydrogen) atoms. The summed E-state index contributed by atoms with van der Waals surface area (Å²) in [6, 6.07) is 6.72. The number of sulfonamides is 1. The Labute approximate surface area is 187 Å². The summed E-state index contributed by atoms with van der Waals surface area (Å²) < 4.78 is 38.3. The lowest BCUT2D eigenvalue weighted by atomic mass is 10.00. The Morgan fingerprint density at radius 3 is 2.58 bits per heavy atom. The molecule has 0 unspecified atom stereocenters. The van der Waals surface area contributed by atoms with Crippen LogP contribution in [0.2, 0.25) is 0 Å². The second-order valence-electron chi connectivity index (χ2n) is 7.81. The summed E-state index contributed by atoms with van der Waals surface area (Å²) in [4.78, 5) is 14.9. The van der Waals surface area contributed by atoms with E-state index in [4.69, 9.17) is 9.47 Å². The summed E-state index contributed by atoms with van der Waals surface area (Å²) in [5.41, 5.74) is 1.71. The van der Waals surface area contributed by atoms with Crippen LogP contribution in [0.1, 0.15) is 45.8 Å². The number of hydrogen-bond acceptors (Lipinski definition) is 6. The van der Waals surface area contributed by atoms with Crippen LogP contribution in [0.4, 0.5) is 5.69 Å². The number of nitrogens with one attached hydrogen (secondary N) is 1. The van der Waals surface area contributed by atoms with Crippen molar-refractivity contribution < 1.29 is 22.7 Å². The highest BCUT2D eigenvalue weighted by Gasteiger charge is 2.29. The number of nitrogens with zero attached hydrogens (tertiary/aromatic N) is 1. The van der Waals surface area contributed by atoms with E-state index >= 15 is 0 Å². The van der Waals surface area contributed by atoms with Gasteiger partial charge >= 0.3 is 0 Å². The van der Waals surface area contributed by atoms with Gasteiger partial charge in [0.2, 0.25) is 10.0 Å². The molecule has 1 fully saturated rings. The highest BCUT2D eigenvalue weighted by molar-refractivity contribution is 7.89. The van der Waals surface area contributed by atoms with Crippen molar-refractivity contribution in [3.63, 3.8) is 0 Å². The van der Waals surface area contributed by atoms with E-state index in [-0.39, 0.29) is 16.6 Å². The van der Waals surface area contributed by atoms with Gasteiger partial charge in [-0.1, -0.05) is 12.8 Å². The summed E-state index contributed by atoms with van der Waals surface area (Å²) in [5, 5.41) is 2.87. The molecule has 1 aromatic heterocycles. The van der Waals surface area contributed by atoms with Crippen LogP contribution in [0.15, 0.2) is 29.2 Å². The molecule has 1 aromatic carbocycles. The molecule has 9 heteroatoms. The van der Waals surface area contributed by atoms with Crippen molar-refractivity contribution in [3.8, 4) is 5.75 Å². The highest BCUT2D eigenvalue weighted by Crippen LogP contribution is 2.32. The first kappa shape index (κ1) is 22.3. The Hall–Kier alpha value is -1.94. The predicted octanol–water partition coefficient (Wildman–Crippen LogP) is 3.69. The zero-order valence-electron chi connectivity index (χ0n) is 17.7. The van der Waals surface area contributed by atoms with Crippen molar-refractivity contribution in [2.75, 3.05) is 38.7 Å². The van der Waals surface area contributed by atoms with E-state index < -0.39 is 10.0 Å². The number of carbonyl (C=O) groups excluding carboxylic acids is 1. The minimum absolute atomic E-state index is 0.0492. The summed E-state index contributed by atoms with van der Waals surface area (Å²) in [7, 11) is -2.32. The predicted molar refractivity (Wildman–Crippen MR) is 121 cm³/mol. The standard InChI is InChI=1S/C22H28N2O5S2/c1-28-18-9-8-17(15-21(18)31(26,27)24-10-12-29-13-11-24)23-22(25)20-14-16-6-4-2-3-5-7-19(16)30-20/h8-9,14-15H,2-7,10-13H2,1H3,(H,23,25). The molecule has 1 saturated heterocycles. The zero-order valence-corrected chi connectivity index (χ0v) is 19.3. The summed E-state index contributed by atoms with van der Waals surface area (Å²) in [6.07, 6.45) is 6.84. The minimum Gasteiger partial charge on any atom is -0.495 e. The SMILES string of the molecule is COc1ccc(NC(=O)c2cc3c(s2)CCCCCC3)cc1S(=O)(=O)N1CCOCC1. The molecule has 0 saturated carbocycles. The second-order valence-corrected chi connectivity index (χ2v) is 10.9. The Morgan fingerprint density at radius 1 is 1.10 bits per heavy atom. The molecule has 1 aliphatic carbocycles. The molecular weight excluding hydrogens is 436 g/mol. The van der Waals surface area contributed by atoms with Crippen LogP contribution >= 0.6 is 11.3 Å². The van der Waals surface area contributed by atoms with Gasteiger partial charge in [0.1, 0.15) is 10.6 Å². The molecule has 1 N–H and O–H groups in total. The van der Waals surface area contributed by atoms with Gasteiger partial charge in [0.05, 0.1) is 25.2 Å². The average Bonchev–Trinajstić information content (AvgIpc) is 3.16. The van der Waals surface area contributed by atoms with Gasteiger partial charge in [0, 0.05) is 23.7 Å². The summed E-state index contributed by atoms with van der Waals surface area (Å²) in [5.74, 6) is 0.0419. The monoisotopic (exact) mass is 464 g/mol. The third kappa shape index (κ3) is 4.95. The highest BCUT2D eigenvalue weighted by atomic mass is 32.2. The maximum Gasteiger partial charge on any atom is 0.265 e. The molecule has 2 heterocycles. The van der Waals surface area contributed by atoms with Gasteiger partial charge in [0.15, 0.2) is 0 Å². The van der Waals surface area contributed by atoms with Gasteiger partial charge in [-0.05, 0) is 55.5 Å². The maximum atomic E-state index is 13.2. The molecule has 0 bridgehead atoms. The smallest absolute Gasteiger partial charge is 0.265 e. The first-order chi connectivity index (χ1) is 15.0. The third-order valence-corrected chi connectivity index (χ3v) is 8.89. The van der Waals surface area contributed by atoms with Crippen LogP contribution in [0.5, 0.6) is 5.75 Å². The topological polar surface area (TPSA) is 84.9 Å². The van der Waals surface area contributed by atoms with Gasteiger partial charge in [-0.2, -0.15) is 4.31 Å². The fraction of sp³-hybridized carbons (Fsp3) is 0.500. The van der Waals surface area contributed by atoms with Crippen molar-refractivity contribution in [3.05, 3.63) is 39.6 Å². The Morgan fingerprint density at radius 2 is 1.84 bits per heavy atom. The number of methoxy groups -OCH3 is 1. The van der Waals surface area contributed by atoms with E-state index in [1.807, 2.05) is 6.07 Å². The molecule has 7 nitrogen and oxygen atoms in total. The van der Waals surface area contributed by atoms with E-state index in [1.54, 1.807) is 23.5 Å². The van der Waals surface area contributed by atoms with Crippen molar-refractivity contribution in [2.24, 2.45) is 0 Å². The number of anilines is 1. The van der Waals surface area contributed by atoms with Crippen LogP contribution in [0.3, 0.4) is 0 Å². The lowest BCUT2D eigenvalue weighted by Crippen LogP contribution is -2.40. The second kappa shape index (κ2) is 9.68. The number of aryl methyl sites for hydroxylation is 2. The van der Waals surface area contributed by atoms with Gasteiger partial charge < -0.3 is 14.8 Å². The zero-order chi connectivity index (χ0) is 21.8. The van der Waals surface area contributed by atoms with Crippen molar-refractivity contribution in [1.29, 1.82) is 0 Å². The van der Waals surface area contributed by atoms with E-state index in [1.165, 1.54) is 40.8 Å². The first-order valence-electron chi connectivity index (χ1n) is 10.7. The van der Waals surface area contributed by atoms with Crippen molar-refractivity contribution in [1.82, 2.24) is 4.31 Å². The number of morpholine rings is 1. The fourth-order valence-electron chi connectivity index (χ4n) is 4.03. The molecule has 1 aliphatic heterocycles. The van der Waals surface area contributed by atoms with Crippen molar-refractivity contribution >= 4 is 33.0 Å². The van der Waals surface area contributed by atoms with Gasteiger partial charge in [-0.25, -0.2) is 8.42 Å². The maximum absolute atomic E-state index is 13.2. The number of thiophene rings is 1. The third-order valence-electron chi connectivity index (χ3n) is 5.73. The van der Waals surface area contributed by atoms with Crippen LogP contribution < -0.4 is 10.1 Å². The Kier molecular flexibility index (Phi) is 6.95. The number of carbonyl (C=O) groups is 1. The first-order valence-corrected chi connectivity index (χ1v) is 12.9. The van der Waals surface area contributed by atoms with E-state index in [0.717, 1.165) is 25.7 Å². The Balaban J connectivity index is 1.57. The number of fused-ring (bicyclic) bond motifs is 1. The van der Waals surface area contributed by atoms with E-state index in [0.29, 0.717) is 36.9 Å². The molecular formula is C22H28N2O5S2. The number of benzene rings is 1. The molecule has 0 radical (unpaired) electrons. The fourth-order valence-corrected chi connectivity index (χ4v) is 6.77. The van der Waals surface area contributed by atoms with Crippen LogP contribution in [-0.2, 0) is 27.6 Å². The van der Waals surface area contributed by atoms with Crippen LogP contribution in [-0.4, -0.2) is 52.0 Å². The molecule has 0 spiro atoms. The molecule has 1 amide bonds. The molecule has 4 rings (SSSR count). The lowest BCUT2D eigenvalue weighted by Gasteiger charge is -2.26. The van der Waals surface area contributed by atoms with Crippen LogP contribution in [0, 0.1) is 0 Å². The largest absolute Gasteiger partial charge is 0.495 e. The number of rotatable bonds is 5. The van der Waals surface area contributed by atoms with E-state index in [9.17, 15) is 13.2 Å². The van der Waals surface area contributed by atoms with Crippen LogP contribution in [0.25, 0.3) is 0 Å². The van der Waals surface area contributed by atoms with Crippen molar-refractivity contribution in [2.45, 2.75) is 43.4 Å². The molecule has 2 aliphatic rings.